The van der Waals surface area contributed by atoms with Gasteiger partial charge in [0, 0.05) is 31.3 Å². The standard InChI is InChI=1S/C24H26N4O6/c1-15(29)26-11-21-13-28(24(32)34-21)19-8-4-17(5-9-19)16-2-6-18(7-3-16)27-12-20(33-14-27)10-22(30)23(25)31/h2-9,20-21H,10-14H2,1H3,(H2,25,31)(H,26,29). The molecular weight excluding hydrogens is 440 g/mol. The molecule has 0 spiro atoms. The average Bonchev–Trinajstić information content (AvgIpc) is 3.44. The number of Topliss-reactive ketones (excluding diaryl/α,β-unsaturated/α-hetero) is 1. The number of nitrogens with two attached hydrogens (primary N) is 1. The molecule has 2 fully saturated rings. The van der Waals surface area contributed by atoms with Crippen molar-refractivity contribution in [3.63, 3.8) is 0 Å². The molecule has 2 atom stereocenters. The second-order valence-electron chi connectivity index (χ2n) is 8.28. The Balaban J connectivity index is 1.36. The number of cyclic esters (lactones) is 1. The molecule has 178 valence electrons. The Kier molecular flexibility index (Phi) is 6.78. The summed E-state index contributed by atoms with van der Waals surface area (Å²) >= 11 is 0. The molecule has 0 aromatic heterocycles. The van der Waals surface area contributed by atoms with Crippen molar-refractivity contribution >= 4 is 35.1 Å². The molecule has 3 amide bonds. The molecule has 2 aliphatic heterocycles. The predicted molar refractivity (Wildman–Crippen MR) is 124 cm³/mol. The highest BCUT2D eigenvalue weighted by Crippen LogP contribution is 2.28. The molecule has 0 saturated carbocycles. The molecule has 2 unspecified atom stereocenters. The molecule has 2 aromatic carbocycles. The van der Waals surface area contributed by atoms with Gasteiger partial charge in [-0.15, -0.1) is 0 Å². The summed E-state index contributed by atoms with van der Waals surface area (Å²) in [4.78, 5) is 49.3. The van der Waals surface area contributed by atoms with E-state index in [1.807, 2.05) is 53.4 Å². The lowest BCUT2D eigenvalue weighted by Crippen LogP contribution is -2.33. The minimum Gasteiger partial charge on any atom is -0.442 e. The van der Waals surface area contributed by atoms with Crippen LogP contribution in [0.4, 0.5) is 16.2 Å². The maximum Gasteiger partial charge on any atom is 0.414 e. The zero-order valence-electron chi connectivity index (χ0n) is 18.7. The number of hydrogen-bond donors (Lipinski definition) is 2. The van der Waals surface area contributed by atoms with Crippen LogP contribution >= 0.6 is 0 Å². The number of rotatable bonds is 8. The molecule has 4 rings (SSSR count). The molecule has 2 aromatic rings. The number of carbonyl (C=O) groups is 4. The highest BCUT2D eigenvalue weighted by molar-refractivity contribution is 6.35. The summed E-state index contributed by atoms with van der Waals surface area (Å²) in [5, 5.41) is 2.66. The van der Waals surface area contributed by atoms with Crippen molar-refractivity contribution in [1.29, 1.82) is 0 Å². The normalized spacial score (nSPS) is 19.7. The summed E-state index contributed by atoms with van der Waals surface area (Å²) in [6.45, 7) is 2.91. The Hall–Kier alpha value is -3.92. The van der Waals surface area contributed by atoms with Gasteiger partial charge in [-0.2, -0.15) is 0 Å². The lowest BCUT2D eigenvalue weighted by atomic mass is 10.0. The van der Waals surface area contributed by atoms with Crippen LogP contribution in [0.5, 0.6) is 0 Å². The van der Waals surface area contributed by atoms with Gasteiger partial charge in [-0.25, -0.2) is 4.79 Å². The molecule has 10 heteroatoms. The van der Waals surface area contributed by atoms with Crippen molar-refractivity contribution in [3.05, 3.63) is 48.5 Å². The monoisotopic (exact) mass is 466 g/mol. The first kappa shape index (κ1) is 23.2. The lowest BCUT2D eigenvalue weighted by Gasteiger charge is -2.17. The first-order chi connectivity index (χ1) is 16.3. The van der Waals surface area contributed by atoms with Crippen molar-refractivity contribution in [2.45, 2.75) is 25.6 Å². The van der Waals surface area contributed by atoms with Crippen LogP contribution in [0.25, 0.3) is 11.1 Å². The van der Waals surface area contributed by atoms with Crippen LogP contribution in [0.1, 0.15) is 13.3 Å². The van der Waals surface area contributed by atoms with Gasteiger partial charge in [-0.1, -0.05) is 24.3 Å². The molecule has 2 saturated heterocycles. The van der Waals surface area contributed by atoms with E-state index in [4.69, 9.17) is 15.2 Å². The minimum absolute atomic E-state index is 0.0190. The Labute approximate surface area is 196 Å². The molecule has 2 aliphatic rings. The topological polar surface area (TPSA) is 131 Å². The zero-order valence-corrected chi connectivity index (χ0v) is 18.7. The van der Waals surface area contributed by atoms with E-state index >= 15 is 0 Å². The van der Waals surface area contributed by atoms with Gasteiger partial charge in [0.1, 0.15) is 12.8 Å². The number of anilines is 2. The van der Waals surface area contributed by atoms with Crippen LogP contribution in [0, 0.1) is 0 Å². The van der Waals surface area contributed by atoms with Crippen LogP contribution in [0.2, 0.25) is 0 Å². The Morgan fingerprint density at radius 1 is 0.971 bits per heavy atom. The summed E-state index contributed by atoms with van der Waals surface area (Å²) in [6.07, 6.45) is -1.19. The second kappa shape index (κ2) is 9.92. The van der Waals surface area contributed by atoms with Crippen LogP contribution in [-0.4, -0.2) is 62.3 Å². The molecule has 0 aliphatic carbocycles. The third-order valence-electron chi connectivity index (χ3n) is 5.78. The first-order valence-corrected chi connectivity index (χ1v) is 10.9. The van der Waals surface area contributed by atoms with Gasteiger partial charge < -0.3 is 25.4 Å². The van der Waals surface area contributed by atoms with Crippen molar-refractivity contribution < 1.29 is 28.7 Å². The highest BCUT2D eigenvalue weighted by Gasteiger charge is 2.32. The quantitative estimate of drug-likeness (QED) is 0.563. The van der Waals surface area contributed by atoms with E-state index in [1.54, 1.807) is 4.90 Å². The molecule has 0 bridgehead atoms. The van der Waals surface area contributed by atoms with Gasteiger partial charge in [0.25, 0.3) is 5.91 Å². The van der Waals surface area contributed by atoms with Crippen molar-refractivity contribution in [2.75, 3.05) is 36.2 Å². The van der Waals surface area contributed by atoms with Gasteiger partial charge in [-0.05, 0) is 35.4 Å². The largest absolute Gasteiger partial charge is 0.442 e. The molecule has 3 N–H and O–H groups in total. The summed E-state index contributed by atoms with van der Waals surface area (Å²) in [5.41, 5.74) is 8.67. The number of nitrogens with one attached hydrogen (secondary N) is 1. The summed E-state index contributed by atoms with van der Waals surface area (Å²) < 4.78 is 10.9. The summed E-state index contributed by atoms with van der Waals surface area (Å²) in [6, 6.07) is 15.5. The van der Waals surface area contributed by atoms with E-state index in [0.29, 0.717) is 19.8 Å². The van der Waals surface area contributed by atoms with E-state index in [0.717, 1.165) is 22.5 Å². The number of amides is 3. The van der Waals surface area contributed by atoms with E-state index in [2.05, 4.69) is 5.32 Å². The molecule has 10 nitrogen and oxygen atoms in total. The molecular formula is C24H26N4O6. The maximum absolute atomic E-state index is 12.2. The summed E-state index contributed by atoms with van der Waals surface area (Å²) in [7, 11) is 0. The number of primary amides is 1. The Morgan fingerprint density at radius 3 is 2.18 bits per heavy atom. The fraction of sp³-hybridized carbons (Fsp3) is 0.333. The summed E-state index contributed by atoms with van der Waals surface area (Å²) in [5.74, 6) is -1.74. The van der Waals surface area contributed by atoms with Crippen molar-refractivity contribution in [2.24, 2.45) is 5.73 Å². The number of hydrogen-bond acceptors (Lipinski definition) is 7. The lowest BCUT2D eigenvalue weighted by molar-refractivity contribution is -0.137. The van der Waals surface area contributed by atoms with Crippen molar-refractivity contribution in [3.8, 4) is 11.1 Å². The van der Waals surface area contributed by atoms with Crippen LogP contribution < -0.4 is 20.9 Å². The van der Waals surface area contributed by atoms with E-state index in [9.17, 15) is 19.2 Å². The van der Waals surface area contributed by atoms with Gasteiger partial charge in [0.05, 0.1) is 19.2 Å². The number of ketones is 1. The van der Waals surface area contributed by atoms with E-state index in [1.165, 1.54) is 6.92 Å². The third-order valence-corrected chi connectivity index (χ3v) is 5.78. The average molecular weight is 466 g/mol. The highest BCUT2D eigenvalue weighted by atomic mass is 16.6. The van der Waals surface area contributed by atoms with Gasteiger partial charge >= 0.3 is 6.09 Å². The fourth-order valence-corrected chi connectivity index (χ4v) is 3.95. The third kappa shape index (κ3) is 5.34. The predicted octanol–water partition coefficient (Wildman–Crippen LogP) is 1.42. The maximum atomic E-state index is 12.2. The Morgan fingerprint density at radius 2 is 1.59 bits per heavy atom. The zero-order chi connectivity index (χ0) is 24.2. The molecule has 2 heterocycles. The van der Waals surface area contributed by atoms with E-state index < -0.39 is 17.8 Å². The van der Waals surface area contributed by atoms with Gasteiger partial charge in [0.15, 0.2) is 0 Å². The van der Waals surface area contributed by atoms with Crippen LogP contribution in [0.3, 0.4) is 0 Å². The Bertz CT molecular complexity index is 1090. The number of carbonyl (C=O) groups excluding carboxylic acids is 4. The second-order valence-corrected chi connectivity index (χ2v) is 8.28. The molecule has 34 heavy (non-hydrogen) atoms. The van der Waals surface area contributed by atoms with Crippen LogP contribution in [-0.2, 0) is 23.9 Å². The van der Waals surface area contributed by atoms with E-state index in [-0.39, 0.29) is 31.1 Å². The molecule has 0 radical (unpaired) electrons. The van der Waals surface area contributed by atoms with Gasteiger partial charge in [-0.3, -0.25) is 19.3 Å². The smallest absolute Gasteiger partial charge is 0.414 e. The van der Waals surface area contributed by atoms with Gasteiger partial charge in [0.2, 0.25) is 11.7 Å². The van der Waals surface area contributed by atoms with Crippen LogP contribution in [0.15, 0.2) is 48.5 Å². The SMILES string of the molecule is CC(=O)NCC1CN(c2ccc(-c3ccc(N4COC(CC(=O)C(N)=O)C4)cc3)cc2)C(=O)O1. The fourth-order valence-electron chi connectivity index (χ4n) is 3.95. The number of nitrogens with zero attached hydrogens (tertiary/aromatic N) is 2. The number of benzene rings is 2. The first-order valence-electron chi connectivity index (χ1n) is 10.9. The minimum atomic E-state index is -0.941. The van der Waals surface area contributed by atoms with Crippen molar-refractivity contribution in [1.82, 2.24) is 5.32 Å². The number of ether oxygens (including phenoxy) is 2.